The van der Waals surface area contributed by atoms with Crippen LogP contribution in [0.1, 0.15) is 0 Å². The van der Waals surface area contributed by atoms with Gasteiger partial charge in [0.1, 0.15) is 11.6 Å². The molecule has 3 rings (SSSR count). The minimum absolute atomic E-state index is 0.834. The van der Waals surface area contributed by atoms with Gasteiger partial charge in [-0.25, -0.2) is 4.98 Å². The Balaban J connectivity index is 2.04. The number of ether oxygens (including phenoxy) is 1. The number of imidazole rings is 1. The van der Waals surface area contributed by atoms with E-state index in [-0.39, 0.29) is 0 Å². The lowest BCUT2D eigenvalue weighted by Gasteiger charge is -1.98. The van der Waals surface area contributed by atoms with Gasteiger partial charge in [0.15, 0.2) is 0 Å². The molecule has 0 aliphatic heterocycles. The third-order valence-corrected chi connectivity index (χ3v) is 3.80. The molecule has 0 amide bonds. The van der Waals surface area contributed by atoms with Gasteiger partial charge in [-0.2, -0.15) is 0 Å². The fourth-order valence-electron chi connectivity index (χ4n) is 2.00. The molecule has 19 heavy (non-hydrogen) atoms. The summed E-state index contributed by atoms with van der Waals surface area (Å²) in [5.41, 5.74) is 3.03. The van der Waals surface area contributed by atoms with Crippen LogP contribution in [0.15, 0.2) is 47.4 Å². The largest absolute Gasteiger partial charge is 0.497 e. The van der Waals surface area contributed by atoms with Crippen molar-refractivity contribution in [3.05, 3.63) is 42.5 Å². The van der Waals surface area contributed by atoms with Crippen LogP contribution in [-0.2, 0) is 0 Å². The summed E-state index contributed by atoms with van der Waals surface area (Å²) in [6.45, 7) is 0. The van der Waals surface area contributed by atoms with Gasteiger partial charge in [0, 0.05) is 16.5 Å². The number of hydrogen-bond donors (Lipinski definition) is 1. The van der Waals surface area contributed by atoms with Gasteiger partial charge in [0.2, 0.25) is 0 Å². The first kappa shape index (κ1) is 12.1. The van der Waals surface area contributed by atoms with E-state index in [1.54, 1.807) is 18.9 Å². The smallest absolute Gasteiger partial charge is 0.138 e. The Bertz CT molecular complexity index is 704. The first-order valence-corrected chi connectivity index (χ1v) is 7.21. The third kappa shape index (κ3) is 2.31. The number of thioether (sulfide) groups is 1. The molecule has 2 aromatic carbocycles. The van der Waals surface area contributed by atoms with Crippen molar-refractivity contribution < 1.29 is 4.74 Å². The van der Waals surface area contributed by atoms with Gasteiger partial charge in [0.05, 0.1) is 18.1 Å². The number of H-pyrrole nitrogens is 1. The van der Waals surface area contributed by atoms with Crippen molar-refractivity contribution in [3.8, 4) is 17.1 Å². The predicted molar refractivity (Wildman–Crippen MR) is 79.9 cm³/mol. The van der Waals surface area contributed by atoms with Crippen molar-refractivity contribution in [2.75, 3.05) is 13.4 Å². The summed E-state index contributed by atoms with van der Waals surface area (Å²) in [6.07, 6.45) is 2.07. The molecule has 1 N–H and O–H groups in total. The highest BCUT2D eigenvalue weighted by molar-refractivity contribution is 7.98. The number of benzene rings is 2. The minimum Gasteiger partial charge on any atom is -0.497 e. The summed E-state index contributed by atoms with van der Waals surface area (Å²) < 4.78 is 5.22. The second-order valence-corrected chi connectivity index (χ2v) is 5.08. The van der Waals surface area contributed by atoms with Crippen LogP contribution >= 0.6 is 11.8 Å². The van der Waals surface area contributed by atoms with Gasteiger partial charge in [0.25, 0.3) is 0 Å². The van der Waals surface area contributed by atoms with Gasteiger partial charge in [-0.3, -0.25) is 0 Å². The molecule has 3 nitrogen and oxygen atoms in total. The molecule has 0 unspecified atom stereocenters. The van der Waals surface area contributed by atoms with E-state index in [1.165, 1.54) is 4.90 Å². The molecule has 1 aromatic heterocycles. The Morgan fingerprint density at radius 3 is 2.58 bits per heavy atom. The third-order valence-electron chi connectivity index (χ3n) is 3.05. The topological polar surface area (TPSA) is 37.9 Å². The van der Waals surface area contributed by atoms with Crippen molar-refractivity contribution in [1.29, 1.82) is 0 Å². The molecule has 0 saturated heterocycles. The van der Waals surface area contributed by atoms with Gasteiger partial charge < -0.3 is 9.72 Å². The van der Waals surface area contributed by atoms with E-state index in [9.17, 15) is 0 Å². The van der Waals surface area contributed by atoms with Crippen LogP contribution in [0, 0.1) is 0 Å². The van der Waals surface area contributed by atoms with Crippen LogP contribution in [0.3, 0.4) is 0 Å². The fourth-order valence-corrected chi connectivity index (χ4v) is 2.41. The minimum atomic E-state index is 0.834. The molecule has 0 atom stereocenters. The van der Waals surface area contributed by atoms with Crippen LogP contribution in [0.4, 0.5) is 0 Å². The van der Waals surface area contributed by atoms with E-state index in [0.29, 0.717) is 0 Å². The lowest BCUT2D eigenvalue weighted by molar-refractivity contribution is 0.415. The molecule has 4 heteroatoms. The molecular weight excluding hydrogens is 256 g/mol. The SMILES string of the molecule is COc1ccc2nc(-c3ccc(SC)cc3)[nH]c2c1. The second-order valence-electron chi connectivity index (χ2n) is 4.20. The van der Waals surface area contributed by atoms with Crippen LogP contribution in [-0.4, -0.2) is 23.3 Å². The summed E-state index contributed by atoms with van der Waals surface area (Å²) >= 11 is 1.74. The second kappa shape index (κ2) is 4.97. The van der Waals surface area contributed by atoms with E-state index >= 15 is 0 Å². The van der Waals surface area contributed by atoms with Gasteiger partial charge in [-0.15, -0.1) is 11.8 Å². The maximum absolute atomic E-state index is 5.22. The number of aromatic amines is 1. The zero-order valence-electron chi connectivity index (χ0n) is 10.8. The molecular formula is C15H14N2OS. The van der Waals surface area contributed by atoms with E-state index in [0.717, 1.165) is 28.2 Å². The summed E-state index contributed by atoms with van der Waals surface area (Å²) in [5.74, 6) is 1.72. The van der Waals surface area contributed by atoms with Crippen LogP contribution in [0.25, 0.3) is 22.4 Å². The quantitative estimate of drug-likeness (QED) is 0.732. The number of aromatic nitrogens is 2. The average molecular weight is 270 g/mol. The number of fused-ring (bicyclic) bond motifs is 1. The summed E-state index contributed by atoms with van der Waals surface area (Å²) in [5, 5.41) is 0. The summed E-state index contributed by atoms with van der Waals surface area (Å²) in [4.78, 5) is 9.17. The average Bonchev–Trinajstić information content (AvgIpc) is 2.90. The van der Waals surface area contributed by atoms with Gasteiger partial charge in [-0.1, -0.05) is 12.1 Å². The number of nitrogens with zero attached hydrogens (tertiary/aromatic N) is 1. The number of methoxy groups -OCH3 is 1. The molecule has 0 fully saturated rings. The highest BCUT2D eigenvalue weighted by Gasteiger charge is 2.06. The normalized spacial score (nSPS) is 10.8. The standard InChI is InChI=1S/C15H14N2OS/c1-18-11-5-8-13-14(9-11)17-15(16-13)10-3-6-12(19-2)7-4-10/h3-9H,1-2H3,(H,16,17). The molecule has 96 valence electrons. The molecule has 0 radical (unpaired) electrons. The number of nitrogens with one attached hydrogen (secondary N) is 1. The van der Waals surface area contributed by atoms with Crippen molar-refractivity contribution >= 4 is 22.8 Å². The maximum atomic E-state index is 5.22. The Morgan fingerprint density at radius 1 is 1.11 bits per heavy atom. The Kier molecular flexibility index (Phi) is 3.17. The predicted octanol–water partition coefficient (Wildman–Crippen LogP) is 3.96. The summed E-state index contributed by atoms with van der Waals surface area (Å²) in [6, 6.07) is 14.2. The zero-order valence-corrected chi connectivity index (χ0v) is 11.6. The van der Waals surface area contributed by atoms with Gasteiger partial charge >= 0.3 is 0 Å². The Morgan fingerprint density at radius 2 is 1.89 bits per heavy atom. The monoisotopic (exact) mass is 270 g/mol. The van der Waals surface area contributed by atoms with Gasteiger partial charge in [-0.05, 0) is 30.5 Å². The Labute approximate surface area is 116 Å². The lowest BCUT2D eigenvalue weighted by atomic mass is 10.2. The van der Waals surface area contributed by atoms with Crippen LogP contribution in [0.2, 0.25) is 0 Å². The van der Waals surface area contributed by atoms with Crippen LogP contribution in [0.5, 0.6) is 5.75 Å². The van der Waals surface area contributed by atoms with Crippen molar-refractivity contribution in [1.82, 2.24) is 9.97 Å². The van der Waals surface area contributed by atoms with Crippen molar-refractivity contribution in [3.63, 3.8) is 0 Å². The lowest BCUT2D eigenvalue weighted by Crippen LogP contribution is -1.81. The molecule has 0 aliphatic carbocycles. The van der Waals surface area contributed by atoms with Crippen molar-refractivity contribution in [2.45, 2.75) is 4.90 Å². The number of hydrogen-bond acceptors (Lipinski definition) is 3. The molecule has 3 aromatic rings. The van der Waals surface area contributed by atoms with E-state index in [2.05, 4.69) is 40.5 Å². The fraction of sp³-hybridized carbons (Fsp3) is 0.133. The molecule has 0 aliphatic rings. The zero-order chi connectivity index (χ0) is 13.2. The van der Waals surface area contributed by atoms with E-state index in [1.807, 2.05) is 18.2 Å². The summed E-state index contributed by atoms with van der Waals surface area (Å²) in [7, 11) is 1.67. The first-order valence-electron chi connectivity index (χ1n) is 5.98. The highest BCUT2D eigenvalue weighted by Crippen LogP contribution is 2.25. The Hall–Kier alpha value is -1.94. The molecule has 0 saturated carbocycles. The van der Waals surface area contributed by atoms with Crippen LogP contribution < -0.4 is 4.74 Å². The van der Waals surface area contributed by atoms with E-state index < -0.39 is 0 Å². The van der Waals surface area contributed by atoms with E-state index in [4.69, 9.17) is 4.74 Å². The highest BCUT2D eigenvalue weighted by atomic mass is 32.2. The molecule has 0 bridgehead atoms. The maximum Gasteiger partial charge on any atom is 0.138 e. The first-order chi connectivity index (χ1) is 9.30. The molecule has 1 heterocycles. The van der Waals surface area contributed by atoms with Crippen molar-refractivity contribution in [2.24, 2.45) is 0 Å². The number of rotatable bonds is 3. The molecule has 0 spiro atoms.